The van der Waals surface area contributed by atoms with Crippen LogP contribution < -0.4 is 5.32 Å². The molecule has 0 fully saturated rings. The van der Waals surface area contributed by atoms with Crippen molar-refractivity contribution in [2.45, 2.75) is 40.2 Å². The monoisotopic (exact) mass is 340 g/mol. The number of halogens is 1. The first-order chi connectivity index (χ1) is 9.31. The van der Waals surface area contributed by atoms with Crippen molar-refractivity contribution in [3.63, 3.8) is 0 Å². The summed E-state index contributed by atoms with van der Waals surface area (Å²) in [6.45, 7) is 12.3. The SMILES string of the molecule is CCNC(CCN(C)CC(C)(C)C)c1ccc(Br)cc1. The van der Waals surface area contributed by atoms with E-state index in [0.29, 0.717) is 11.5 Å². The molecule has 1 atom stereocenters. The minimum atomic E-state index is 0.361. The fourth-order valence-corrected chi connectivity index (χ4v) is 2.83. The van der Waals surface area contributed by atoms with E-state index in [0.717, 1.165) is 30.5 Å². The van der Waals surface area contributed by atoms with Gasteiger partial charge in [0.05, 0.1) is 0 Å². The van der Waals surface area contributed by atoms with E-state index < -0.39 is 0 Å². The Kier molecular flexibility index (Phi) is 7.21. The van der Waals surface area contributed by atoms with E-state index in [2.05, 4.69) is 85.2 Å². The largest absolute Gasteiger partial charge is 0.310 e. The number of nitrogens with zero attached hydrogens (tertiary/aromatic N) is 1. The summed E-state index contributed by atoms with van der Waals surface area (Å²) in [5.74, 6) is 0. The van der Waals surface area contributed by atoms with Gasteiger partial charge in [0, 0.05) is 17.1 Å². The fraction of sp³-hybridized carbons (Fsp3) is 0.647. The van der Waals surface area contributed by atoms with Crippen LogP contribution in [-0.4, -0.2) is 31.6 Å². The zero-order valence-electron chi connectivity index (χ0n) is 13.5. The Bertz CT molecular complexity index is 381. The Hall–Kier alpha value is -0.380. The molecule has 1 aromatic carbocycles. The van der Waals surface area contributed by atoms with Crippen molar-refractivity contribution in [2.75, 3.05) is 26.7 Å². The molecule has 1 aromatic rings. The van der Waals surface area contributed by atoms with Crippen LogP contribution in [0.4, 0.5) is 0 Å². The van der Waals surface area contributed by atoms with Crippen LogP contribution in [0, 0.1) is 5.41 Å². The molecule has 0 bridgehead atoms. The Balaban J connectivity index is 2.57. The van der Waals surface area contributed by atoms with Gasteiger partial charge in [0.25, 0.3) is 0 Å². The zero-order valence-corrected chi connectivity index (χ0v) is 15.1. The third kappa shape index (κ3) is 6.87. The lowest BCUT2D eigenvalue weighted by molar-refractivity contribution is 0.218. The van der Waals surface area contributed by atoms with E-state index in [4.69, 9.17) is 0 Å². The summed E-state index contributed by atoms with van der Waals surface area (Å²) in [4.78, 5) is 2.43. The van der Waals surface area contributed by atoms with Gasteiger partial charge in [-0.25, -0.2) is 0 Å². The second-order valence-electron chi connectivity index (χ2n) is 6.75. The van der Waals surface area contributed by atoms with Crippen LogP contribution >= 0.6 is 15.9 Å². The van der Waals surface area contributed by atoms with Crippen LogP contribution in [0.1, 0.15) is 45.7 Å². The number of rotatable bonds is 7. The summed E-state index contributed by atoms with van der Waals surface area (Å²) >= 11 is 3.50. The quantitative estimate of drug-likeness (QED) is 0.787. The van der Waals surface area contributed by atoms with Crippen molar-refractivity contribution >= 4 is 15.9 Å². The first kappa shape index (κ1) is 17.7. The summed E-state index contributed by atoms with van der Waals surface area (Å²) < 4.78 is 1.14. The van der Waals surface area contributed by atoms with Gasteiger partial charge in [0.2, 0.25) is 0 Å². The summed E-state index contributed by atoms with van der Waals surface area (Å²) in [6.07, 6.45) is 1.14. The lowest BCUT2D eigenvalue weighted by atomic mass is 9.96. The molecule has 20 heavy (non-hydrogen) atoms. The summed E-state index contributed by atoms with van der Waals surface area (Å²) in [5, 5.41) is 3.59. The Morgan fingerprint density at radius 3 is 2.30 bits per heavy atom. The standard InChI is InChI=1S/C17H29BrN2/c1-6-19-16(14-7-9-15(18)10-8-14)11-12-20(5)13-17(2,3)4/h7-10,16,19H,6,11-13H2,1-5H3. The fourth-order valence-electron chi connectivity index (χ4n) is 2.57. The van der Waals surface area contributed by atoms with Gasteiger partial charge in [-0.3, -0.25) is 0 Å². The van der Waals surface area contributed by atoms with Gasteiger partial charge in [-0.2, -0.15) is 0 Å². The van der Waals surface area contributed by atoms with Crippen LogP contribution in [0.25, 0.3) is 0 Å². The molecule has 2 nitrogen and oxygen atoms in total. The second-order valence-corrected chi connectivity index (χ2v) is 7.66. The van der Waals surface area contributed by atoms with Crippen LogP contribution in [0.3, 0.4) is 0 Å². The van der Waals surface area contributed by atoms with E-state index in [1.807, 2.05) is 0 Å². The molecule has 0 radical (unpaired) electrons. The average molecular weight is 341 g/mol. The van der Waals surface area contributed by atoms with Crippen LogP contribution in [0.15, 0.2) is 28.7 Å². The van der Waals surface area contributed by atoms with Gasteiger partial charge in [-0.05, 0) is 49.7 Å². The van der Waals surface area contributed by atoms with Gasteiger partial charge in [0.1, 0.15) is 0 Å². The first-order valence-electron chi connectivity index (χ1n) is 7.49. The highest BCUT2D eigenvalue weighted by Crippen LogP contribution is 2.21. The smallest absolute Gasteiger partial charge is 0.0332 e. The molecule has 3 heteroatoms. The zero-order chi connectivity index (χ0) is 15.2. The van der Waals surface area contributed by atoms with E-state index in [1.165, 1.54) is 5.56 Å². The van der Waals surface area contributed by atoms with Crippen molar-refractivity contribution in [3.05, 3.63) is 34.3 Å². The normalized spacial score (nSPS) is 13.8. The number of hydrogen-bond acceptors (Lipinski definition) is 2. The third-order valence-electron chi connectivity index (χ3n) is 3.27. The number of hydrogen-bond donors (Lipinski definition) is 1. The first-order valence-corrected chi connectivity index (χ1v) is 8.28. The number of nitrogens with one attached hydrogen (secondary N) is 1. The highest BCUT2D eigenvalue weighted by Gasteiger charge is 2.15. The maximum absolute atomic E-state index is 3.59. The van der Waals surface area contributed by atoms with Crippen molar-refractivity contribution in [1.82, 2.24) is 10.2 Å². The Morgan fingerprint density at radius 2 is 1.80 bits per heavy atom. The minimum absolute atomic E-state index is 0.361. The van der Waals surface area contributed by atoms with Crippen LogP contribution in [-0.2, 0) is 0 Å². The van der Waals surface area contributed by atoms with Gasteiger partial charge in [-0.15, -0.1) is 0 Å². The average Bonchev–Trinajstić information content (AvgIpc) is 2.33. The predicted molar refractivity (Wildman–Crippen MR) is 92.1 cm³/mol. The highest BCUT2D eigenvalue weighted by molar-refractivity contribution is 9.10. The third-order valence-corrected chi connectivity index (χ3v) is 3.80. The second kappa shape index (κ2) is 8.16. The molecule has 0 aliphatic carbocycles. The molecule has 0 saturated carbocycles. The van der Waals surface area contributed by atoms with Gasteiger partial charge >= 0.3 is 0 Å². The predicted octanol–water partition coefficient (Wildman–Crippen LogP) is 4.47. The Labute approximate surface area is 133 Å². The molecular weight excluding hydrogens is 312 g/mol. The van der Waals surface area contributed by atoms with Crippen molar-refractivity contribution in [1.29, 1.82) is 0 Å². The van der Waals surface area contributed by atoms with Gasteiger partial charge in [-0.1, -0.05) is 55.8 Å². The molecule has 0 aliphatic rings. The molecule has 0 amide bonds. The molecule has 0 aromatic heterocycles. The molecule has 1 rings (SSSR count). The van der Waals surface area contributed by atoms with Crippen molar-refractivity contribution < 1.29 is 0 Å². The van der Waals surface area contributed by atoms with E-state index >= 15 is 0 Å². The molecule has 1 unspecified atom stereocenters. The van der Waals surface area contributed by atoms with Crippen molar-refractivity contribution in [3.8, 4) is 0 Å². The van der Waals surface area contributed by atoms with Crippen LogP contribution in [0.2, 0.25) is 0 Å². The molecule has 0 spiro atoms. The molecule has 114 valence electrons. The maximum Gasteiger partial charge on any atom is 0.0332 e. The molecule has 0 saturated heterocycles. The lowest BCUT2D eigenvalue weighted by Crippen LogP contribution is -2.32. The number of benzene rings is 1. The molecule has 0 heterocycles. The Morgan fingerprint density at radius 1 is 1.20 bits per heavy atom. The van der Waals surface area contributed by atoms with E-state index in [1.54, 1.807) is 0 Å². The van der Waals surface area contributed by atoms with Crippen molar-refractivity contribution in [2.24, 2.45) is 5.41 Å². The topological polar surface area (TPSA) is 15.3 Å². The van der Waals surface area contributed by atoms with E-state index in [9.17, 15) is 0 Å². The van der Waals surface area contributed by atoms with E-state index in [-0.39, 0.29) is 0 Å². The summed E-state index contributed by atoms with van der Waals surface area (Å²) in [7, 11) is 2.22. The molecular formula is C17H29BrN2. The van der Waals surface area contributed by atoms with Gasteiger partial charge < -0.3 is 10.2 Å². The molecule has 0 aliphatic heterocycles. The highest BCUT2D eigenvalue weighted by atomic mass is 79.9. The van der Waals surface area contributed by atoms with Gasteiger partial charge in [0.15, 0.2) is 0 Å². The maximum atomic E-state index is 3.59. The molecule has 1 N–H and O–H groups in total. The lowest BCUT2D eigenvalue weighted by Gasteiger charge is -2.28. The summed E-state index contributed by atoms with van der Waals surface area (Å²) in [6, 6.07) is 9.11. The van der Waals surface area contributed by atoms with Crippen LogP contribution in [0.5, 0.6) is 0 Å². The minimum Gasteiger partial charge on any atom is -0.310 e. The summed E-state index contributed by atoms with van der Waals surface area (Å²) in [5.41, 5.74) is 1.74.